The maximum atomic E-state index is 13.5. The van der Waals surface area contributed by atoms with Gasteiger partial charge in [0.05, 0.1) is 4.90 Å². The lowest BCUT2D eigenvalue weighted by Gasteiger charge is -2.24. The van der Waals surface area contributed by atoms with Gasteiger partial charge in [-0.25, -0.2) is 12.7 Å². The van der Waals surface area contributed by atoms with Crippen LogP contribution < -0.4 is 0 Å². The monoisotopic (exact) mass is 422 g/mol. The van der Waals surface area contributed by atoms with Crippen LogP contribution in [0.2, 0.25) is 0 Å². The first-order valence-electron chi connectivity index (χ1n) is 9.69. The first-order valence-corrected chi connectivity index (χ1v) is 11.1. The smallest absolute Gasteiger partial charge is 0.254 e. The summed E-state index contributed by atoms with van der Waals surface area (Å²) >= 11 is 0. The van der Waals surface area contributed by atoms with Crippen molar-refractivity contribution in [3.8, 4) is 0 Å². The van der Waals surface area contributed by atoms with E-state index < -0.39 is 10.0 Å². The Bertz CT molecular complexity index is 1070. The molecule has 156 valence electrons. The molecule has 0 spiro atoms. The highest BCUT2D eigenvalue weighted by molar-refractivity contribution is 7.89. The third kappa shape index (κ3) is 4.96. The van der Waals surface area contributed by atoms with Gasteiger partial charge in [0.15, 0.2) is 0 Å². The molecule has 5 nitrogen and oxygen atoms in total. The van der Waals surface area contributed by atoms with Gasteiger partial charge in [-0.2, -0.15) is 0 Å². The second kappa shape index (κ2) is 9.24. The van der Waals surface area contributed by atoms with E-state index in [1.165, 1.54) is 20.2 Å². The van der Waals surface area contributed by atoms with Gasteiger partial charge < -0.3 is 4.90 Å². The van der Waals surface area contributed by atoms with E-state index in [1.807, 2.05) is 67.6 Å². The van der Waals surface area contributed by atoms with E-state index in [9.17, 15) is 13.2 Å². The fourth-order valence-electron chi connectivity index (χ4n) is 3.18. The fourth-order valence-corrected chi connectivity index (χ4v) is 4.11. The zero-order valence-corrected chi connectivity index (χ0v) is 18.3. The van der Waals surface area contributed by atoms with Crippen molar-refractivity contribution in [1.82, 2.24) is 9.21 Å². The molecule has 0 N–H and O–H groups in total. The van der Waals surface area contributed by atoms with Gasteiger partial charge in [-0.15, -0.1) is 0 Å². The van der Waals surface area contributed by atoms with Crippen LogP contribution in [-0.4, -0.2) is 37.6 Å². The Morgan fingerprint density at radius 3 is 1.77 bits per heavy atom. The Kier molecular flexibility index (Phi) is 6.70. The minimum Gasteiger partial charge on any atom is -0.330 e. The first-order chi connectivity index (χ1) is 14.3. The van der Waals surface area contributed by atoms with Crippen molar-refractivity contribution < 1.29 is 13.2 Å². The summed E-state index contributed by atoms with van der Waals surface area (Å²) in [6, 6.07) is 24.3. The number of carbonyl (C=O) groups excluding carboxylic acids is 1. The van der Waals surface area contributed by atoms with Crippen molar-refractivity contribution in [3.63, 3.8) is 0 Å². The number of benzene rings is 3. The van der Waals surface area contributed by atoms with E-state index >= 15 is 0 Å². The molecule has 0 heterocycles. The standard InChI is InChI=1S/C24H26N2O3S/c1-19-14-15-22(30(28,29)25(2)3)16-23(19)24(27)26(17-20-10-6-4-7-11-20)18-21-12-8-5-9-13-21/h4-16H,17-18H2,1-3H3. The van der Waals surface area contributed by atoms with Gasteiger partial charge >= 0.3 is 0 Å². The number of rotatable bonds is 7. The van der Waals surface area contributed by atoms with E-state index in [4.69, 9.17) is 0 Å². The molecule has 0 radical (unpaired) electrons. The normalized spacial score (nSPS) is 11.5. The van der Waals surface area contributed by atoms with Crippen LogP contribution in [0, 0.1) is 6.92 Å². The SMILES string of the molecule is Cc1ccc(S(=O)(=O)N(C)C)cc1C(=O)N(Cc1ccccc1)Cc1ccccc1. The topological polar surface area (TPSA) is 57.7 Å². The summed E-state index contributed by atoms with van der Waals surface area (Å²) in [7, 11) is -0.671. The molecule has 0 atom stereocenters. The summed E-state index contributed by atoms with van der Waals surface area (Å²) in [6.45, 7) is 2.68. The minimum absolute atomic E-state index is 0.112. The van der Waals surface area contributed by atoms with Crippen LogP contribution in [0.5, 0.6) is 0 Å². The molecule has 0 aromatic heterocycles. The highest BCUT2D eigenvalue weighted by Gasteiger charge is 2.23. The predicted molar refractivity (Wildman–Crippen MR) is 119 cm³/mol. The Morgan fingerprint density at radius 1 is 0.800 bits per heavy atom. The van der Waals surface area contributed by atoms with E-state index in [0.717, 1.165) is 21.0 Å². The van der Waals surface area contributed by atoms with Gasteiger partial charge in [-0.05, 0) is 35.7 Å². The van der Waals surface area contributed by atoms with Crippen molar-refractivity contribution in [3.05, 3.63) is 101 Å². The molecule has 3 rings (SSSR count). The zero-order chi connectivity index (χ0) is 21.7. The van der Waals surface area contributed by atoms with Crippen molar-refractivity contribution in [2.75, 3.05) is 14.1 Å². The van der Waals surface area contributed by atoms with Crippen LogP contribution >= 0.6 is 0 Å². The Labute approximate surface area is 178 Å². The van der Waals surface area contributed by atoms with E-state index in [0.29, 0.717) is 18.7 Å². The van der Waals surface area contributed by atoms with Crippen molar-refractivity contribution >= 4 is 15.9 Å². The molecule has 0 saturated carbocycles. The number of aryl methyl sites for hydroxylation is 1. The summed E-state index contributed by atoms with van der Waals surface area (Å²) in [5.74, 6) is -0.198. The molecule has 0 fully saturated rings. The summed E-state index contributed by atoms with van der Waals surface area (Å²) in [6.07, 6.45) is 0. The molecular formula is C24H26N2O3S. The molecule has 0 aliphatic heterocycles. The van der Waals surface area contributed by atoms with Crippen LogP contribution in [-0.2, 0) is 23.1 Å². The molecule has 1 amide bonds. The Morgan fingerprint density at radius 2 is 1.30 bits per heavy atom. The van der Waals surface area contributed by atoms with Gasteiger partial charge in [-0.3, -0.25) is 4.79 Å². The number of hydrogen-bond donors (Lipinski definition) is 0. The highest BCUT2D eigenvalue weighted by Crippen LogP contribution is 2.21. The van der Waals surface area contributed by atoms with Crippen LogP contribution in [0.15, 0.2) is 83.8 Å². The van der Waals surface area contributed by atoms with Crippen molar-refractivity contribution in [2.45, 2.75) is 24.9 Å². The Balaban J connectivity index is 2.00. The van der Waals surface area contributed by atoms with Crippen LogP contribution in [0.4, 0.5) is 0 Å². The van der Waals surface area contributed by atoms with Crippen LogP contribution in [0.3, 0.4) is 0 Å². The van der Waals surface area contributed by atoms with Crippen molar-refractivity contribution in [2.24, 2.45) is 0 Å². The largest absolute Gasteiger partial charge is 0.330 e. The highest BCUT2D eigenvalue weighted by atomic mass is 32.2. The average molecular weight is 423 g/mol. The fraction of sp³-hybridized carbons (Fsp3) is 0.208. The minimum atomic E-state index is -3.63. The lowest BCUT2D eigenvalue weighted by Crippen LogP contribution is -2.31. The maximum Gasteiger partial charge on any atom is 0.254 e. The number of hydrogen-bond acceptors (Lipinski definition) is 3. The molecule has 0 aliphatic rings. The van der Waals surface area contributed by atoms with Gasteiger partial charge in [0.2, 0.25) is 10.0 Å². The molecule has 0 bridgehead atoms. The molecule has 3 aromatic carbocycles. The van der Waals surface area contributed by atoms with Gasteiger partial charge in [0.1, 0.15) is 0 Å². The lowest BCUT2D eigenvalue weighted by molar-refractivity contribution is 0.0729. The van der Waals surface area contributed by atoms with Gasteiger partial charge in [0.25, 0.3) is 5.91 Å². The molecular weight excluding hydrogens is 396 g/mol. The molecule has 3 aromatic rings. The van der Waals surface area contributed by atoms with Gasteiger partial charge in [-0.1, -0.05) is 66.7 Å². The average Bonchev–Trinajstić information content (AvgIpc) is 2.74. The van der Waals surface area contributed by atoms with Crippen LogP contribution in [0.1, 0.15) is 27.0 Å². The molecule has 0 aliphatic carbocycles. The molecule has 6 heteroatoms. The molecule has 0 saturated heterocycles. The number of carbonyl (C=O) groups is 1. The summed E-state index contributed by atoms with van der Waals surface area (Å²) < 4.78 is 26.3. The number of amides is 1. The Hall–Kier alpha value is -2.96. The third-order valence-corrected chi connectivity index (χ3v) is 6.75. The molecule has 0 unspecified atom stereocenters. The summed E-state index contributed by atoms with van der Waals surface area (Å²) in [5.41, 5.74) is 3.15. The van der Waals surface area contributed by atoms with E-state index in [1.54, 1.807) is 17.0 Å². The predicted octanol–water partition coefficient (Wildman–Crippen LogP) is 4.09. The lowest BCUT2D eigenvalue weighted by atomic mass is 10.1. The summed E-state index contributed by atoms with van der Waals surface area (Å²) in [4.78, 5) is 15.4. The number of sulfonamides is 1. The first kappa shape index (κ1) is 21.7. The van der Waals surface area contributed by atoms with E-state index in [2.05, 4.69) is 0 Å². The number of nitrogens with zero attached hydrogens (tertiary/aromatic N) is 2. The summed E-state index contributed by atoms with van der Waals surface area (Å²) in [5, 5.41) is 0. The second-order valence-corrected chi connectivity index (χ2v) is 9.55. The van der Waals surface area contributed by atoms with Gasteiger partial charge in [0, 0.05) is 32.7 Å². The van der Waals surface area contributed by atoms with Crippen LogP contribution in [0.25, 0.3) is 0 Å². The molecule has 30 heavy (non-hydrogen) atoms. The quantitative estimate of drug-likeness (QED) is 0.576. The maximum absolute atomic E-state index is 13.5. The zero-order valence-electron chi connectivity index (χ0n) is 17.4. The second-order valence-electron chi connectivity index (χ2n) is 7.40. The third-order valence-electron chi connectivity index (χ3n) is 4.94. The van der Waals surface area contributed by atoms with Crippen molar-refractivity contribution in [1.29, 1.82) is 0 Å². The van der Waals surface area contributed by atoms with E-state index in [-0.39, 0.29) is 10.8 Å².